The molecule has 4 nitrogen and oxygen atoms in total. The van der Waals surface area contributed by atoms with E-state index in [1.807, 2.05) is 19.1 Å². The molecule has 1 heterocycles. The Morgan fingerprint density at radius 2 is 2.16 bits per heavy atom. The first-order valence-corrected chi connectivity index (χ1v) is 7.14. The lowest BCUT2D eigenvalue weighted by Gasteiger charge is -2.32. The van der Waals surface area contributed by atoms with Crippen molar-refractivity contribution < 1.29 is 14.6 Å². The van der Waals surface area contributed by atoms with Crippen molar-refractivity contribution in [1.29, 1.82) is 0 Å². The Labute approximate surface area is 121 Å². The van der Waals surface area contributed by atoms with E-state index in [9.17, 15) is 9.90 Å². The van der Waals surface area contributed by atoms with E-state index in [2.05, 4.69) is 21.2 Å². The molecule has 0 aliphatic carbocycles. The third-order valence-corrected chi connectivity index (χ3v) is 3.94. The van der Waals surface area contributed by atoms with Crippen LogP contribution in [0.2, 0.25) is 0 Å². The molecule has 0 spiro atoms. The zero-order valence-corrected chi connectivity index (χ0v) is 12.5. The lowest BCUT2D eigenvalue weighted by molar-refractivity contribution is -0.0605. The van der Waals surface area contributed by atoms with Crippen LogP contribution in [-0.4, -0.2) is 36.4 Å². The summed E-state index contributed by atoms with van der Waals surface area (Å²) < 4.78 is 6.08. The molecule has 1 aliphatic heterocycles. The maximum Gasteiger partial charge on any atom is 0.251 e. The maximum atomic E-state index is 12.1. The molecular weight excluding hydrogens is 310 g/mol. The average molecular weight is 328 g/mol. The van der Waals surface area contributed by atoms with Gasteiger partial charge in [-0.25, -0.2) is 0 Å². The second-order valence-electron chi connectivity index (χ2n) is 4.98. The summed E-state index contributed by atoms with van der Waals surface area (Å²) in [6, 6.07) is 5.58. The van der Waals surface area contributed by atoms with Gasteiger partial charge in [-0.2, -0.15) is 0 Å². The summed E-state index contributed by atoms with van der Waals surface area (Å²) >= 11 is 3.36. The number of carbonyl (C=O) groups is 1. The summed E-state index contributed by atoms with van der Waals surface area (Å²) in [6.07, 6.45) is 1.12. The van der Waals surface area contributed by atoms with Crippen molar-refractivity contribution in [2.24, 2.45) is 0 Å². The Bertz CT molecular complexity index is 470. The van der Waals surface area contributed by atoms with Gasteiger partial charge in [-0.15, -0.1) is 0 Å². The third kappa shape index (κ3) is 3.78. The lowest BCUT2D eigenvalue weighted by atomic mass is 9.94. The Balaban J connectivity index is 1.99. The number of aliphatic hydroxyl groups is 1. The van der Waals surface area contributed by atoms with Gasteiger partial charge >= 0.3 is 0 Å². The molecule has 1 aliphatic rings. The zero-order chi connectivity index (χ0) is 13.9. The van der Waals surface area contributed by atoms with Crippen LogP contribution in [0.15, 0.2) is 22.7 Å². The summed E-state index contributed by atoms with van der Waals surface area (Å²) in [7, 11) is 0. The van der Waals surface area contributed by atoms with E-state index in [0.29, 0.717) is 31.6 Å². The number of amides is 1. The van der Waals surface area contributed by atoms with Gasteiger partial charge in [0.25, 0.3) is 5.91 Å². The minimum Gasteiger partial charge on any atom is -0.388 e. The van der Waals surface area contributed by atoms with Crippen LogP contribution in [0.3, 0.4) is 0 Å². The van der Waals surface area contributed by atoms with Crippen LogP contribution in [-0.2, 0) is 4.74 Å². The molecule has 2 N–H and O–H groups in total. The van der Waals surface area contributed by atoms with Crippen molar-refractivity contribution in [3.05, 3.63) is 33.8 Å². The summed E-state index contributed by atoms with van der Waals surface area (Å²) in [4.78, 5) is 12.1. The van der Waals surface area contributed by atoms with E-state index in [1.165, 1.54) is 0 Å². The van der Waals surface area contributed by atoms with Gasteiger partial charge in [-0.3, -0.25) is 4.79 Å². The second-order valence-corrected chi connectivity index (χ2v) is 5.89. The van der Waals surface area contributed by atoms with E-state index >= 15 is 0 Å². The molecule has 1 amide bonds. The second kappa shape index (κ2) is 6.03. The molecule has 19 heavy (non-hydrogen) atoms. The quantitative estimate of drug-likeness (QED) is 0.893. The number of hydrogen-bond acceptors (Lipinski definition) is 3. The Kier molecular flexibility index (Phi) is 4.60. The van der Waals surface area contributed by atoms with Gasteiger partial charge < -0.3 is 15.2 Å². The van der Waals surface area contributed by atoms with Gasteiger partial charge in [0.15, 0.2) is 0 Å². The van der Waals surface area contributed by atoms with Gasteiger partial charge in [0.05, 0.1) is 5.60 Å². The Morgan fingerprint density at radius 1 is 1.47 bits per heavy atom. The highest BCUT2D eigenvalue weighted by Crippen LogP contribution is 2.20. The fourth-order valence-electron chi connectivity index (χ4n) is 2.11. The number of hydrogen-bond donors (Lipinski definition) is 2. The number of rotatable bonds is 3. The first-order valence-electron chi connectivity index (χ1n) is 6.35. The van der Waals surface area contributed by atoms with Crippen LogP contribution >= 0.6 is 15.9 Å². The van der Waals surface area contributed by atoms with Gasteiger partial charge in [-0.05, 0) is 24.6 Å². The molecule has 0 atom stereocenters. The van der Waals surface area contributed by atoms with Crippen molar-refractivity contribution in [2.75, 3.05) is 19.8 Å². The number of nitrogens with one attached hydrogen (secondary N) is 1. The fraction of sp³-hybridized carbons (Fsp3) is 0.500. The largest absolute Gasteiger partial charge is 0.388 e. The molecule has 0 bridgehead atoms. The Hall–Kier alpha value is -0.910. The van der Waals surface area contributed by atoms with Gasteiger partial charge in [-0.1, -0.05) is 22.0 Å². The van der Waals surface area contributed by atoms with Crippen LogP contribution in [0.25, 0.3) is 0 Å². The first-order chi connectivity index (χ1) is 9.00. The molecule has 1 aromatic rings. The maximum absolute atomic E-state index is 12.1. The average Bonchev–Trinajstić information content (AvgIpc) is 2.40. The topological polar surface area (TPSA) is 58.6 Å². The number of aryl methyl sites for hydroxylation is 1. The summed E-state index contributed by atoms with van der Waals surface area (Å²) in [6.45, 7) is 3.25. The first kappa shape index (κ1) is 14.5. The normalized spacial score (nSPS) is 18.1. The number of benzene rings is 1. The molecule has 0 unspecified atom stereocenters. The van der Waals surface area contributed by atoms with E-state index < -0.39 is 5.60 Å². The molecule has 5 heteroatoms. The smallest absolute Gasteiger partial charge is 0.251 e. The van der Waals surface area contributed by atoms with E-state index in [-0.39, 0.29) is 12.5 Å². The molecule has 1 aromatic carbocycles. The molecule has 0 aromatic heterocycles. The van der Waals surface area contributed by atoms with Crippen molar-refractivity contribution in [3.8, 4) is 0 Å². The zero-order valence-electron chi connectivity index (χ0n) is 10.9. The predicted octanol–water partition coefficient (Wildman–Crippen LogP) is 2.03. The fourth-order valence-corrected chi connectivity index (χ4v) is 2.47. The van der Waals surface area contributed by atoms with Crippen molar-refractivity contribution >= 4 is 21.8 Å². The van der Waals surface area contributed by atoms with Gasteiger partial charge in [0.2, 0.25) is 0 Å². The van der Waals surface area contributed by atoms with Gasteiger partial charge in [0, 0.05) is 42.6 Å². The van der Waals surface area contributed by atoms with E-state index in [4.69, 9.17) is 4.74 Å². The molecule has 1 saturated heterocycles. The number of carbonyl (C=O) groups excluding carboxylic acids is 1. The van der Waals surface area contributed by atoms with Gasteiger partial charge in [0.1, 0.15) is 0 Å². The third-order valence-electron chi connectivity index (χ3n) is 3.45. The van der Waals surface area contributed by atoms with Crippen LogP contribution < -0.4 is 5.32 Å². The molecule has 0 saturated carbocycles. The molecule has 1 fully saturated rings. The highest BCUT2D eigenvalue weighted by atomic mass is 79.9. The lowest BCUT2D eigenvalue weighted by Crippen LogP contribution is -2.46. The summed E-state index contributed by atoms with van der Waals surface area (Å²) in [5.74, 6) is -0.154. The van der Waals surface area contributed by atoms with Crippen LogP contribution in [0.5, 0.6) is 0 Å². The molecule has 104 valence electrons. The highest BCUT2D eigenvalue weighted by molar-refractivity contribution is 9.10. The van der Waals surface area contributed by atoms with Crippen molar-refractivity contribution in [2.45, 2.75) is 25.4 Å². The van der Waals surface area contributed by atoms with Crippen LogP contribution in [0, 0.1) is 6.92 Å². The highest BCUT2D eigenvalue weighted by Gasteiger charge is 2.30. The predicted molar refractivity (Wildman–Crippen MR) is 76.2 cm³/mol. The Morgan fingerprint density at radius 3 is 2.84 bits per heavy atom. The number of ether oxygens (including phenoxy) is 1. The molecule has 2 rings (SSSR count). The van der Waals surface area contributed by atoms with Crippen LogP contribution in [0.1, 0.15) is 28.8 Å². The minimum atomic E-state index is -0.839. The summed E-state index contributed by atoms with van der Waals surface area (Å²) in [5.41, 5.74) is 0.707. The minimum absolute atomic E-state index is 0.154. The monoisotopic (exact) mass is 327 g/mol. The van der Waals surface area contributed by atoms with E-state index in [0.717, 1.165) is 10.0 Å². The standard InChI is InChI=1S/C14H18BrNO3/c1-10-2-3-11(15)8-12(10)13(17)16-9-14(18)4-6-19-7-5-14/h2-3,8,18H,4-7,9H2,1H3,(H,16,17). The van der Waals surface area contributed by atoms with Crippen LogP contribution in [0.4, 0.5) is 0 Å². The molecule has 0 radical (unpaired) electrons. The SMILES string of the molecule is Cc1ccc(Br)cc1C(=O)NCC1(O)CCOCC1. The van der Waals surface area contributed by atoms with Crippen molar-refractivity contribution in [3.63, 3.8) is 0 Å². The summed E-state index contributed by atoms with van der Waals surface area (Å²) in [5, 5.41) is 13.1. The molecular formula is C14H18BrNO3. The van der Waals surface area contributed by atoms with E-state index in [1.54, 1.807) is 6.07 Å². The van der Waals surface area contributed by atoms with Crippen molar-refractivity contribution in [1.82, 2.24) is 5.32 Å². The number of halogens is 1.